The summed E-state index contributed by atoms with van der Waals surface area (Å²) in [5, 5.41) is 18.3. The monoisotopic (exact) mass is 500 g/mol. The van der Waals surface area contributed by atoms with Crippen LogP contribution in [0.3, 0.4) is 0 Å². The lowest BCUT2D eigenvalue weighted by Gasteiger charge is -2.39. The van der Waals surface area contributed by atoms with Gasteiger partial charge in [0.15, 0.2) is 11.4 Å². The van der Waals surface area contributed by atoms with Crippen molar-refractivity contribution < 1.29 is 14.7 Å². The normalized spacial score (nSPS) is 21.1. The minimum Gasteiger partial charge on any atom is -0.387 e. The van der Waals surface area contributed by atoms with E-state index in [9.17, 15) is 14.7 Å². The molecule has 11 heteroatoms. The topological polar surface area (TPSA) is 145 Å². The lowest BCUT2D eigenvalue weighted by molar-refractivity contribution is -0.138. The van der Waals surface area contributed by atoms with Crippen LogP contribution in [0.5, 0.6) is 0 Å². The minimum atomic E-state index is -0.486. The van der Waals surface area contributed by atoms with Gasteiger partial charge in [-0.2, -0.15) is 14.7 Å². The Balaban J connectivity index is 1.41. The molecule has 1 amide bonds. The third-order valence-electron chi connectivity index (χ3n) is 7.66. The number of Topliss-reactive ketones (excluding diaryl/α,β-unsaturated/α-hetero) is 1. The van der Waals surface area contributed by atoms with Crippen LogP contribution < -0.4 is 5.73 Å². The number of rotatable bonds is 5. The smallest absolute Gasteiger partial charge is 0.248 e. The molecule has 0 aromatic carbocycles. The van der Waals surface area contributed by atoms with Gasteiger partial charge in [0.2, 0.25) is 5.91 Å². The summed E-state index contributed by atoms with van der Waals surface area (Å²) in [5.41, 5.74) is 11.3. The zero-order valence-corrected chi connectivity index (χ0v) is 20.7. The predicted octanol–water partition coefficient (Wildman–Crippen LogP) is 2.21. The van der Waals surface area contributed by atoms with Crippen molar-refractivity contribution in [2.45, 2.75) is 50.6 Å². The van der Waals surface area contributed by atoms with Crippen LogP contribution in [0.25, 0.3) is 28.2 Å². The Morgan fingerprint density at radius 2 is 1.86 bits per heavy atom. The second kappa shape index (κ2) is 8.77. The summed E-state index contributed by atoms with van der Waals surface area (Å²) < 4.78 is 3.24. The number of hydrogen-bond donors (Lipinski definition) is 2. The van der Waals surface area contributed by atoms with E-state index >= 15 is 0 Å². The Labute approximate surface area is 212 Å². The van der Waals surface area contributed by atoms with Gasteiger partial charge in [-0.1, -0.05) is 6.07 Å². The number of hydrogen-bond acceptors (Lipinski definition) is 8. The van der Waals surface area contributed by atoms with Crippen LogP contribution in [0.1, 0.15) is 54.6 Å². The van der Waals surface area contributed by atoms with E-state index in [0.29, 0.717) is 29.7 Å². The molecule has 4 aromatic heterocycles. The summed E-state index contributed by atoms with van der Waals surface area (Å²) in [6.07, 6.45) is 8.43. The highest BCUT2D eigenvalue weighted by Gasteiger charge is 2.44. The van der Waals surface area contributed by atoms with Crippen LogP contribution in [0.4, 0.5) is 5.82 Å². The highest BCUT2D eigenvalue weighted by molar-refractivity contribution is 6.00. The predicted molar refractivity (Wildman–Crippen MR) is 136 cm³/mol. The maximum absolute atomic E-state index is 12.7. The van der Waals surface area contributed by atoms with Crippen molar-refractivity contribution >= 4 is 23.2 Å². The van der Waals surface area contributed by atoms with E-state index in [4.69, 9.17) is 10.7 Å². The number of carbonyl (C=O) groups is 2. The molecule has 0 saturated carbocycles. The summed E-state index contributed by atoms with van der Waals surface area (Å²) >= 11 is 0. The van der Waals surface area contributed by atoms with Crippen molar-refractivity contribution in [1.29, 1.82) is 0 Å². The van der Waals surface area contributed by atoms with E-state index in [1.807, 2.05) is 36.3 Å². The second-order valence-corrected chi connectivity index (χ2v) is 9.93. The van der Waals surface area contributed by atoms with E-state index in [1.54, 1.807) is 17.1 Å². The number of amides is 1. The highest BCUT2D eigenvalue weighted by Crippen LogP contribution is 2.44. The molecule has 0 spiro atoms. The molecule has 190 valence electrons. The molecule has 3 atom stereocenters. The van der Waals surface area contributed by atoms with Gasteiger partial charge in [-0.25, -0.2) is 4.98 Å². The van der Waals surface area contributed by atoms with Gasteiger partial charge in [-0.05, 0) is 44.7 Å². The quantitative estimate of drug-likeness (QED) is 0.397. The number of anilines is 1. The number of nitrogens with zero attached hydrogens (tertiary/aromatic N) is 7. The number of aliphatic hydroxyl groups excluding tert-OH is 1. The first-order chi connectivity index (χ1) is 17.9. The molecule has 0 radical (unpaired) electrons. The van der Waals surface area contributed by atoms with Crippen molar-refractivity contribution in [2.75, 3.05) is 12.3 Å². The Morgan fingerprint density at radius 1 is 1.11 bits per heavy atom. The van der Waals surface area contributed by atoms with Crippen LogP contribution in [-0.2, 0) is 11.8 Å². The Morgan fingerprint density at radius 3 is 2.46 bits per heavy atom. The number of fused-ring (bicyclic) bond motifs is 3. The summed E-state index contributed by atoms with van der Waals surface area (Å²) in [4.78, 5) is 36.5. The molecule has 11 nitrogen and oxygen atoms in total. The average molecular weight is 501 g/mol. The van der Waals surface area contributed by atoms with Gasteiger partial charge in [0, 0.05) is 48.6 Å². The van der Waals surface area contributed by atoms with Crippen LogP contribution in [0.2, 0.25) is 0 Å². The number of piperidine rings is 1. The maximum Gasteiger partial charge on any atom is 0.248 e. The van der Waals surface area contributed by atoms with Gasteiger partial charge in [-0.15, -0.1) is 0 Å². The molecule has 2 saturated heterocycles. The molecular weight excluding hydrogens is 472 g/mol. The molecule has 0 unspecified atom stereocenters. The van der Waals surface area contributed by atoms with E-state index < -0.39 is 6.61 Å². The molecule has 4 aromatic rings. The summed E-state index contributed by atoms with van der Waals surface area (Å²) in [6.45, 7) is 1.01. The number of ketones is 1. The fourth-order valence-electron chi connectivity index (χ4n) is 6.04. The molecule has 6 heterocycles. The summed E-state index contributed by atoms with van der Waals surface area (Å²) in [7, 11) is 1.86. The van der Waals surface area contributed by atoms with Crippen molar-refractivity contribution in [2.24, 2.45) is 7.05 Å². The first-order valence-corrected chi connectivity index (χ1v) is 12.4. The number of aryl methyl sites for hydroxylation is 1. The Bertz CT molecular complexity index is 1510. The van der Waals surface area contributed by atoms with E-state index in [-0.39, 0.29) is 35.5 Å². The van der Waals surface area contributed by atoms with Crippen LogP contribution in [-0.4, -0.2) is 69.7 Å². The van der Waals surface area contributed by atoms with Crippen molar-refractivity contribution in [1.82, 2.24) is 34.3 Å². The second-order valence-electron chi connectivity index (χ2n) is 9.93. The Kier molecular flexibility index (Phi) is 5.52. The van der Waals surface area contributed by atoms with E-state index in [0.717, 1.165) is 35.4 Å². The molecular formula is C26H28N8O3. The molecule has 0 aliphatic carbocycles. The van der Waals surface area contributed by atoms with Gasteiger partial charge in [0.25, 0.3) is 0 Å². The van der Waals surface area contributed by atoms with Crippen LogP contribution in [0, 0.1) is 0 Å². The fourth-order valence-corrected chi connectivity index (χ4v) is 6.04. The van der Waals surface area contributed by atoms with E-state index in [2.05, 4.69) is 15.2 Å². The standard InChI is InChI=1S/C26H28N8O3/c1-14(36)23-24(16-9-17-4-5-18(10-16)33(17)22(37)13-35)30-26-19(12-29-34(26)25(23)27)15-3-6-20(28-11-15)21-7-8-32(2)31-21/h3,6-8,11-12,16-18,35H,4-5,9-10,13,27H2,1-2H3/t16-,17-,18+. The number of carbonyl (C=O) groups excluding carboxylic acids is 2. The van der Waals surface area contributed by atoms with Crippen LogP contribution in [0.15, 0.2) is 36.8 Å². The molecule has 2 aliphatic heterocycles. The van der Waals surface area contributed by atoms with Gasteiger partial charge in [0.05, 0.1) is 23.1 Å². The number of aromatic nitrogens is 6. The summed E-state index contributed by atoms with van der Waals surface area (Å²) in [5.74, 6) is -0.168. The first kappa shape index (κ1) is 23.3. The third-order valence-corrected chi connectivity index (χ3v) is 7.66. The number of aliphatic hydroxyl groups is 1. The SMILES string of the molecule is CC(=O)c1c([C@@H]2C[C@H]3CC[C@@H](C2)N3C(=O)CO)nc2c(-c3ccc(-c4ccn(C)n4)nc3)cnn2c1N. The van der Waals surface area contributed by atoms with Gasteiger partial charge >= 0.3 is 0 Å². The lowest BCUT2D eigenvalue weighted by atomic mass is 9.85. The Hall–Kier alpha value is -4.12. The van der Waals surface area contributed by atoms with Crippen molar-refractivity contribution in [3.8, 4) is 22.5 Å². The van der Waals surface area contributed by atoms with Crippen molar-refractivity contribution in [3.63, 3.8) is 0 Å². The molecule has 2 fully saturated rings. The average Bonchev–Trinajstić information content (AvgIpc) is 3.59. The molecule has 3 N–H and O–H groups in total. The number of nitrogens with two attached hydrogens (primary N) is 1. The van der Waals surface area contributed by atoms with Gasteiger partial charge in [-0.3, -0.25) is 19.3 Å². The number of nitrogen functional groups attached to an aromatic ring is 1. The highest BCUT2D eigenvalue weighted by atomic mass is 16.3. The molecule has 6 rings (SSSR count). The summed E-state index contributed by atoms with van der Waals surface area (Å²) in [6, 6.07) is 5.80. The maximum atomic E-state index is 12.7. The van der Waals surface area contributed by atoms with Gasteiger partial charge < -0.3 is 15.7 Å². The fraction of sp³-hybridized carbons (Fsp3) is 0.385. The largest absolute Gasteiger partial charge is 0.387 e. The zero-order valence-electron chi connectivity index (χ0n) is 20.7. The molecule has 2 bridgehead atoms. The van der Waals surface area contributed by atoms with Crippen LogP contribution >= 0.6 is 0 Å². The molecule has 2 aliphatic rings. The lowest BCUT2D eigenvalue weighted by Crippen LogP contribution is -2.47. The van der Waals surface area contributed by atoms with Gasteiger partial charge in [0.1, 0.15) is 18.1 Å². The first-order valence-electron chi connectivity index (χ1n) is 12.4. The minimum absolute atomic E-state index is 0.0233. The number of pyridine rings is 1. The molecule has 37 heavy (non-hydrogen) atoms. The van der Waals surface area contributed by atoms with E-state index in [1.165, 1.54) is 11.4 Å². The van der Waals surface area contributed by atoms with Crippen molar-refractivity contribution in [3.05, 3.63) is 48.0 Å². The third kappa shape index (κ3) is 3.77. The zero-order chi connectivity index (χ0) is 25.8.